The molecular formula is C40H62N4O. The molecule has 0 spiro atoms. The first-order chi connectivity index (χ1) is 21.5. The Labute approximate surface area is 275 Å². The van der Waals surface area contributed by atoms with Gasteiger partial charge in [-0.1, -0.05) is 90.3 Å². The Morgan fingerprint density at radius 2 is 1.91 bits per heavy atom. The van der Waals surface area contributed by atoms with E-state index in [1.165, 1.54) is 61.8 Å². The second-order valence-electron chi connectivity index (χ2n) is 14.9. The fourth-order valence-electron chi connectivity index (χ4n) is 7.33. The molecule has 0 aliphatic carbocycles. The highest BCUT2D eigenvalue weighted by Crippen LogP contribution is 2.42. The van der Waals surface area contributed by atoms with Crippen molar-refractivity contribution in [3.05, 3.63) is 71.1 Å². The second kappa shape index (κ2) is 16.2. The summed E-state index contributed by atoms with van der Waals surface area (Å²) in [5.41, 5.74) is 13.8. The molecule has 0 radical (unpaired) electrons. The number of anilines is 2. The zero-order valence-corrected chi connectivity index (χ0v) is 29.6. The van der Waals surface area contributed by atoms with E-state index >= 15 is 0 Å². The minimum atomic E-state index is -0.308. The first-order valence-corrected chi connectivity index (χ1v) is 17.9. The first kappa shape index (κ1) is 35.1. The Morgan fingerprint density at radius 3 is 2.60 bits per heavy atom. The van der Waals surface area contributed by atoms with Crippen LogP contribution < -0.4 is 11.1 Å². The molecule has 248 valence electrons. The third kappa shape index (κ3) is 9.61. The number of hydrogen-bond acceptors (Lipinski definition) is 5. The third-order valence-corrected chi connectivity index (χ3v) is 9.63. The minimum Gasteiger partial charge on any atom is -0.491 e. The number of pyridine rings is 1. The molecule has 0 bridgehead atoms. The van der Waals surface area contributed by atoms with Crippen molar-refractivity contribution < 1.29 is 4.74 Å². The van der Waals surface area contributed by atoms with Crippen LogP contribution in [-0.2, 0) is 17.6 Å². The van der Waals surface area contributed by atoms with Gasteiger partial charge in [0.15, 0.2) is 0 Å². The maximum Gasteiger partial charge on any atom is 0.129 e. The summed E-state index contributed by atoms with van der Waals surface area (Å²) in [7, 11) is 0. The molecule has 5 nitrogen and oxygen atoms in total. The highest BCUT2D eigenvalue weighted by molar-refractivity contribution is 5.78. The number of para-hydroxylation sites is 1. The molecular weight excluding hydrogens is 552 g/mol. The number of rotatable bonds is 16. The zero-order valence-electron chi connectivity index (χ0n) is 29.6. The van der Waals surface area contributed by atoms with Gasteiger partial charge in [0.1, 0.15) is 17.2 Å². The van der Waals surface area contributed by atoms with E-state index in [-0.39, 0.29) is 11.6 Å². The van der Waals surface area contributed by atoms with Gasteiger partial charge in [-0.3, -0.25) is 4.90 Å². The van der Waals surface area contributed by atoms with Crippen molar-refractivity contribution in [1.82, 2.24) is 9.88 Å². The largest absolute Gasteiger partial charge is 0.491 e. The van der Waals surface area contributed by atoms with Gasteiger partial charge in [-0.25, -0.2) is 4.98 Å². The fraction of sp³-hybridized carbons (Fsp3) is 0.625. The zero-order chi connectivity index (χ0) is 32.6. The van der Waals surface area contributed by atoms with Crippen LogP contribution in [0.3, 0.4) is 0 Å². The lowest BCUT2D eigenvalue weighted by Crippen LogP contribution is -2.50. The molecule has 45 heavy (non-hydrogen) atoms. The van der Waals surface area contributed by atoms with Gasteiger partial charge in [-0.05, 0) is 94.3 Å². The second-order valence-corrected chi connectivity index (χ2v) is 14.9. The summed E-state index contributed by atoms with van der Waals surface area (Å²) >= 11 is 0. The standard InChI is InChI=1S/C40H62N4O/c1-9-16-34(28(3)4)35-20-14-21-36(37(35)41)38(29(5)45-40(6,7)8)44-26-31(27-44)25-30(10-2)17-12-11-13-19-33-23-22-32-18-15-24-42-39(32)43-33/h14,16,20-23,28,30-31,38H,5,9-13,15,17-19,24-27,41H2,1-4,6-8H3,(H,42,43)/b34-16+. The molecule has 2 aromatic rings. The maximum absolute atomic E-state index is 6.98. The number of nitrogens with zero attached hydrogens (tertiary/aromatic N) is 2. The number of fused-ring (bicyclic) bond motifs is 1. The number of hydrogen-bond donors (Lipinski definition) is 2. The Morgan fingerprint density at radius 1 is 1.13 bits per heavy atom. The number of aryl methyl sites for hydroxylation is 2. The van der Waals surface area contributed by atoms with Crippen LogP contribution in [0.15, 0.2) is 48.7 Å². The summed E-state index contributed by atoms with van der Waals surface area (Å²) in [5, 5.41) is 3.47. The Balaban J connectivity index is 1.33. The van der Waals surface area contributed by atoms with Gasteiger partial charge in [0.25, 0.3) is 0 Å². The highest BCUT2D eigenvalue weighted by atomic mass is 16.5. The summed E-state index contributed by atoms with van der Waals surface area (Å²) in [4.78, 5) is 7.43. The van der Waals surface area contributed by atoms with Crippen molar-refractivity contribution >= 4 is 17.1 Å². The van der Waals surface area contributed by atoms with Crippen molar-refractivity contribution in [2.75, 3.05) is 30.7 Å². The predicted molar refractivity (Wildman–Crippen MR) is 193 cm³/mol. The molecule has 3 N–H and O–H groups in total. The Bertz CT molecular complexity index is 1280. The highest BCUT2D eigenvalue weighted by Gasteiger charge is 2.38. The number of ether oxygens (including phenoxy) is 1. The van der Waals surface area contributed by atoms with Crippen LogP contribution in [0.2, 0.25) is 0 Å². The molecule has 2 atom stereocenters. The summed E-state index contributed by atoms with van der Waals surface area (Å²) in [6, 6.07) is 11.0. The number of likely N-dealkylation sites (tertiary alicyclic amines) is 1. The molecule has 5 heteroatoms. The van der Waals surface area contributed by atoms with E-state index in [0.717, 1.165) is 73.2 Å². The average molecular weight is 615 g/mol. The number of nitrogens with one attached hydrogen (secondary N) is 1. The molecule has 3 heterocycles. The van der Waals surface area contributed by atoms with Crippen molar-refractivity contribution in [3.63, 3.8) is 0 Å². The molecule has 1 fully saturated rings. The summed E-state index contributed by atoms with van der Waals surface area (Å²) < 4.78 is 6.42. The van der Waals surface area contributed by atoms with Crippen LogP contribution in [0.25, 0.3) is 5.57 Å². The van der Waals surface area contributed by atoms with E-state index in [1.54, 1.807) is 0 Å². The lowest BCUT2D eigenvalue weighted by molar-refractivity contribution is -0.0142. The van der Waals surface area contributed by atoms with Crippen LogP contribution in [0.5, 0.6) is 0 Å². The Kier molecular flexibility index (Phi) is 12.6. The lowest BCUT2D eigenvalue weighted by atomic mass is 9.82. The van der Waals surface area contributed by atoms with Crippen molar-refractivity contribution in [1.29, 1.82) is 0 Å². The molecule has 1 aromatic carbocycles. The third-order valence-electron chi connectivity index (χ3n) is 9.63. The SMILES string of the molecule is C=C(OC(C)(C)C)C(c1cccc(/C(=C/CC)C(C)C)c1N)N1CC(CC(CC)CCCCCc2ccc3c(n2)NCCC3)C1. The molecule has 1 aromatic heterocycles. The molecule has 0 saturated carbocycles. The summed E-state index contributed by atoms with van der Waals surface area (Å²) in [6.45, 7) is 23.0. The van der Waals surface area contributed by atoms with Gasteiger partial charge in [-0.2, -0.15) is 0 Å². The monoisotopic (exact) mass is 614 g/mol. The van der Waals surface area contributed by atoms with E-state index in [0.29, 0.717) is 11.8 Å². The van der Waals surface area contributed by atoms with Crippen LogP contribution in [-0.4, -0.2) is 35.1 Å². The van der Waals surface area contributed by atoms with E-state index < -0.39 is 0 Å². The molecule has 2 aliphatic rings. The molecule has 2 unspecified atom stereocenters. The minimum absolute atomic E-state index is 0.0389. The first-order valence-electron chi connectivity index (χ1n) is 17.9. The van der Waals surface area contributed by atoms with Gasteiger partial charge >= 0.3 is 0 Å². The smallest absolute Gasteiger partial charge is 0.129 e. The number of allylic oxidation sites excluding steroid dienone is 2. The maximum atomic E-state index is 6.98. The van der Waals surface area contributed by atoms with Crippen molar-refractivity contribution in [2.45, 2.75) is 124 Å². The topological polar surface area (TPSA) is 63.4 Å². The normalized spacial score (nSPS) is 17.4. The van der Waals surface area contributed by atoms with Crippen LogP contribution in [0.4, 0.5) is 11.5 Å². The summed E-state index contributed by atoms with van der Waals surface area (Å²) in [5.74, 6) is 3.83. The number of benzene rings is 1. The van der Waals surface area contributed by atoms with Crippen molar-refractivity contribution in [2.24, 2.45) is 17.8 Å². The predicted octanol–water partition coefficient (Wildman–Crippen LogP) is 9.99. The van der Waals surface area contributed by atoms with Gasteiger partial charge in [0, 0.05) is 42.1 Å². The average Bonchev–Trinajstić information content (AvgIpc) is 2.97. The number of aromatic nitrogens is 1. The van der Waals surface area contributed by atoms with Gasteiger partial charge in [-0.15, -0.1) is 0 Å². The molecule has 2 aliphatic heterocycles. The Hall–Kier alpha value is -2.79. The van der Waals surface area contributed by atoms with E-state index in [1.807, 2.05) is 0 Å². The van der Waals surface area contributed by atoms with Crippen molar-refractivity contribution in [3.8, 4) is 0 Å². The number of unbranched alkanes of at least 4 members (excludes halogenated alkanes) is 2. The van der Waals surface area contributed by atoms with Gasteiger partial charge < -0.3 is 15.8 Å². The quantitative estimate of drug-likeness (QED) is 0.112. The number of nitrogen functional groups attached to an aromatic ring is 1. The molecule has 0 amide bonds. The van der Waals surface area contributed by atoms with Crippen LogP contribution in [0, 0.1) is 17.8 Å². The fourth-order valence-corrected chi connectivity index (χ4v) is 7.33. The van der Waals surface area contributed by atoms with E-state index in [9.17, 15) is 0 Å². The summed E-state index contributed by atoms with van der Waals surface area (Å²) in [6.07, 6.45) is 14.5. The molecule has 4 rings (SSSR count). The van der Waals surface area contributed by atoms with Crippen LogP contribution in [0.1, 0.15) is 128 Å². The van der Waals surface area contributed by atoms with Crippen LogP contribution >= 0.6 is 0 Å². The molecule has 1 saturated heterocycles. The van der Waals surface area contributed by atoms with Gasteiger partial charge in [0.05, 0.1) is 6.04 Å². The van der Waals surface area contributed by atoms with Gasteiger partial charge in [0.2, 0.25) is 0 Å². The van der Waals surface area contributed by atoms with E-state index in [4.69, 9.17) is 15.5 Å². The van der Waals surface area contributed by atoms with E-state index in [2.05, 4.69) is 102 Å². The lowest BCUT2D eigenvalue weighted by Gasteiger charge is -2.47. The number of nitrogens with two attached hydrogens (primary N) is 1.